The van der Waals surface area contributed by atoms with Crippen LogP contribution in [0.5, 0.6) is 0 Å². The van der Waals surface area contributed by atoms with Gasteiger partial charge in [-0.3, -0.25) is 0 Å². The third-order valence-corrected chi connectivity index (χ3v) is 26.9. The Balaban J connectivity index is 0.000000206. The summed E-state index contributed by atoms with van der Waals surface area (Å²) in [6.07, 6.45) is 12.8. The molecule has 0 bridgehead atoms. The number of hydrogen-bond acceptors (Lipinski definition) is 6. The Labute approximate surface area is 768 Å². The minimum Gasteiger partial charge on any atom is -0.305 e. The fraction of sp³-hybridized carbons (Fsp3) is 0.229. The Morgan fingerprint density at radius 1 is 0.289 bits per heavy atom. The van der Waals surface area contributed by atoms with Crippen molar-refractivity contribution in [3.8, 4) is 101 Å². The van der Waals surface area contributed by atoms with Gasteiger partial charge in [0.1, 0.15) is 0 Å². The number of nitrogens with zero attached hydrogens (tertiary/aromatic N) is 6. The summed E-state index contributed by atoms with van der Waals surface area (Å²) in [7, 11) is -4.33. The fourth-order valence-corrected chi connectivity index (χ4v) is 18.3. The third-order valence-electron chi connectivity index (χ3n) is 20.8. The van der Waals surface area contributed by atoms with E-state index in [0.29, 0.717) is 17.8 Å². The fourth-order valence-electron chi connectivity index (χ4n) is 13.5. The average Bonchev–Trinajstić information content (AvgIpc) is 0.789. The second kappa shape index (κ2) is 46.6. The maximum Gasteiger partial charge on any atom is 0.0799 e. The van der Waals surface area contributed by atoms with E-state index in [9.17, 15) is 0 Å². The van der Waals surface area contributed by atoms with Crippen molar-refractivity contribution in [2.75, 3.05) is 0 Å². The van der Waals surface area contributed by atoms with Gasteiger partial charge in [-0.1, -0.05) is 324 Å². The molecule has 627 valence electrons. The van der Waals surface area contributed by atoms with Crippen molar-refractivity contribution in [3.63, 3.8) is 0 Å². The van der Waals surface area contributed by atoms with Crippen molar-refractivity contribution in [2.24, 2.45) is 16.7 Å². The smallest absolute Gasteiger partial charge is 0.0799 e. The first-order valence-corrected chi connectivity index (χ1v) is 51.7. The van der Waals surface area contributed by atoms with Gasteiger partial charge in [0.15, 0.2) is 0 Å². The maximum atomic E-state index is 4.85. The zero-order chi connectivity index (χ0) is 84.5. The molecule has 121 heavy (non-hydrogen) atoms. The van der Waals surface area contributed by atoms with Crippen molar-refractivity contribution < 1.29 is 60.3 Å². The molecule has 0 N–H and O–H groups in total. The van der Waals surface area contributed by atoms with Gasteiger partial charge in [-0.2, -0.15) is 0 Å². The van der Waals surface area contributed by atoms with E-state index in [1.165, 1.54) is 65.6 Å². The van der Waals surface area contributed by atoms with E-state index < -0.39 is 24.2 Å². The molecule has 3 radical (unpaired) electrons. The van der Waals surface area contributed by atoms with Crippen LogP contribution in [0.25, 0.3) is 101 Å². The molecule has 0 saturated carbocycles. The molecule has 15 aromatic rings. The number of rotatable bonds is 16. The van der Waals surface area contributed by atoms with E-state index in [-0.39, 0.29) is 71.1 Å². The number of aromatic nitrogens is 6. The molecule has 0 spiro atoms. The van der Waals surface area contributed by atoms with Crippen molar-refractivity contribution in [3.05, 3.63) is 381 Å². The first-order chi connectivity index (χ1) is 56.4. The summed E-state index contributed by atoms with van der Waals surface area (Å²) in [5, 5.41) is 4.43. The second-order valence-electron chi connectivity index (χ2n) is 35.7. The number of pyridine rings is 6. The summed E-state index contributed by atoms with van der Waals surface area (Å²) in [6.45, 7) is 44.8. The SMILES string of the molecule is CC(C)(C)Cc1cc(-c2[c-]cc(-c3ccccc3)cc2)ncc1[Si](C)(C)C.CC(C)C(C)c1cc(-c2[c-]cc(-c3ccccc3)cc2)ncc1[Si](C)(C)C.CC(c1cc(-c2[c-]cc(-c3ccccc3)cc2)ncc1[Si](C)(C)C)C(C)(C)C.[Ir].[Ir].[Ir].[c-]1ccccc1-c1ccccn1.[c-]1ccccc1-c1ccccn1.[c-]1ccccc1-c1ccccn1. The Morgan fingerprint density at radius 2 is 0.587 bits per heavy atom. The predicted molar refractivity (Wildman–Crippen MR) is 511 cm³/mol. The Morgan fingerprint density at radius 3 is 0.860 bits per heavy atom. The molecule has 2 atom stereocenters. The van der Waals surface area contributed by atoms with Crippen LogP contribution in [-0.4, -0.2) is 54.1 Å². The van der Waals surface area contributed by atoms with Crippen LogP contribution in [0.4, 0.5) is 0 Å². The predicted octanol–water partition coefficient (Wildman–Crippen LogP) is 27.4. The van der Waals surface area contributed by atoms with E-state index in [2.05, 4.69) is 344 Å². The van der Waals surface area contributed by atoms with Crippen molar-refractivity contribution in [1.29, 1.82) is 0 Å². The molecule has 0 saturated heterocycles. The molecule has 6 aromatic heterocycles. The van der Waals surface area contributed by atoms with Crippen LogP contribution < -0.4 is 15.6 Å². The van der Waals surface area contributed by atoms with Crippen LogP contribution in [0.2, 0.25) is 58.9 Å². The van der Waals surface area contributed by atoms with Gasteiger partial charge in [0.25, 0.3) is 0 Å². The zero-order valence-electron chi connectivity index (χ0n) is 73.8. The monoisotopic (exact) mass is 2170 g/mol. The summed E-state index contributed by atoms with van der Waals surface area (Å²) in [5.41, 5.74) is 24.4. The van der Waals surface area contributed by atoms with E-state index in [0.717, 1.165) is 74.0 Å². The summed E-state index contributed by atoms with van der Waals surface area (Å²) in [5.74, 6) is 1.61. The topological polar surface area (TPSA) is 77.3 Å². The van der Waals surface area contributed by atoms with E-state index in [1.54, 1.807) is 18.6 Å². The molecule has 0 amide bonds. The largest absolute Gasteiger partial charge is 0.305 e. The summed E-state index contributed by atoms with van der Waals surface area (Å²) in [4.78, 5) is 27.1. The zero-order valence-corrected chi connectivity index (χ0v) is 84.0. The van der Waals surface area contributed by atoms with Gasteiger partial charge in [-0.25, -0.2) is 0 Å². The van der Waals surface area contributed by atoms with Crippen molar-refractivity contribution in [2.45, 2.75) is 146 Å². The van der Waals surface area contributed by atoms with Crippen LogP contribution in [0.15, 0.2) is 328 Å². The van der Waals surface area contributed by atoms with Gasteiger partial charge in [-0.15, -0.1) is 197 Å². The minimum absolute atomic E-state index is 0. The van der Waals surface area contributed by atoms with E-state index in [4.69, 9.17) is 15.0 Å². The standard InChI is InChI=1S/C26H32NSi.2C25H30NSi.3C11H8N.3Ir/c1-19(26(2,3)4)23-17-24(27-18-25(23)28(5,6)7)22-15-13-21(14-16-22)20-11-9-8-10-12-20;1-25(2,3)17-22-16-23(26-18-24(22)27(4,5)6)21-14-12-20(13-15-21)19-10-8-7-9-11-19;1-18(2)19(3)23-16-24(26-17-25(23)27(4,5)6)22-14-12-21(13-15-22)20-10-8-7-9-11-20;3*1-2-6-10(7-3-1)11-8-4-5-9-12-11;;;/h8-15,17-19H,1-7H3;7-14,16,18H,17H2,1-6H3;7-14,16-19H,1-6H3;3*1-6,8-9H;;;/q6*-1;;;. The van der Waals surface area contributed by atoms with Crippen LogP contribution >= 0.6 is 0 Å². The molecule has 2 unspecified atom stereocenters. The molecule has 6 heterocycles. The average molecular weight is 2170 g/mol. The second-order valence-corrected chi connectivity index (χ2v) is 50.8. The first-order valence-electron chi connectivity index (χ1n) is 41.2. The van der Waals surface area contributed by atoms with E-state index >= 15 is 0 Å². The molecule has 0 aliphatic heterocycles. The molecule has 0 aliphatic carbocycles. The summed E-state index contributed by atoms with van der Waals surface area (Å²) < 4.78 is 0. The van der Waals surface area contributed by atoms with Crippen molar-refractivity contribution in [1.82, 2.24) is 29.9 Å². The number of hydrogen-bond donors (Lipinski definition) is 0. The number of benzene rings is 9. The van der Waals surface area contributed by atoms with Crippen LogP contribution in [0.1, 0.15) is 97.8 Å². The molecular weight excluding hydrogens is 2050 g/mol. The van der Waals surface area contributed by atoms with Gasteiger partial charge in [0.2, 0.25) is 0 Å². The molecule has 9 aromatic carbocycles. The quantitative estimate of drug-likeness (QED) is 0.0709. The third kappa shape index (κ3) is 29.9. The normalized spacial score (nSPS) is 11.6. The molecule has 6 nitrogen and oxygen atoms in total. The first kappa shape index (κ1) is 98.6. The van der Waals surface area contributed by atoms with Gasteiger partial charge in [0.05, 0.1) is 24.2 Å². The Hall–Kier alpha value is -9.52. The van der Waals surface area contributed by atoms with Gasteiger partial charge < -0.3 is 29.9 Å². The molecule has 15 rings (SSSR count). The van der Waals surface area contributed by atoms with Gasteiger partial charge >= 0.3 is 0 Å². The summed E-state index contributed by atoms with van der Waals surface area (Å²) >= 11 is 0. The van der Waals surface area contributed by atoms with Crippen LogP contribution in [0.3, 0.4) is 0 Å². The molecular formula is C109H116Ir3N6Si3-6. The maximum absolute atomic E-state index is 4.85. The molecule has 0 fully saturated rings. The van der Waals surface area contributed by atoms with Crippen LogP contribution in [-0.2, 0) is 66.7 Å². The minimum atomic E-state index is -1.47. The van der Waals surface area contributed by atoms with Crippen LogP contribution in [0, 0.1) is 53.1 Å². The molecule has 0 aliphatic rings. The van der Waals surface area contributed by atoms with Crippen molar-refractivity contribution >= 4 is 39.8 Å². The Bertz CT molecular complexity index is 5200. The summed E-state index contributed by atoms with van der Waals surface area (Å²) in [6, 6.07) is 118. The van der Waals surface area contributed by atoms with Gasteiger partial charge in [0, 0.05) is 97.5 Å². The van der Waals surface area contributed by atoms with Gasteiger partial charge in [-0.05, 0) is 103 Å². The Kier molecular flexibility index (Phi) is 38.0. The molecule has 12 heteroatoms. The van der Waals surface area contributed by atoms with E-state index in [1.807, 2.05) is 146 Å².